The summed E-state index contributed by atoms with van der Waals surface area (Å²) in [7, 11) is 0. The SMILES string of the molecule is CCc1ccc(C(N)Cc2nc(-c3ccccc3)cs2)cc1. The Bertz CT molecular complexity index is 717. The molecule has 1 aromatic heterocycles. The summed E-state index contributed by atoms with van der Waals surface area (Å²) >= 11 is 1.68. The van der Waals surface area contributed by atoms with E-state index >= 15 is 0 Å². The molecule has 0 bridgehead atoms. The lowest BCUT2D eigenvalue weighted by atomic mass is 10.0. The second-order valence-electron chi connectivity index (χ2n) is 5.40. The molecule has 3 aromatic rings. The average molecular weight is 308 g/mol. The van der Waals surface area contributed by atoms with Gasteiger partial charge in [0, 0.05) is 23.4 Å². The van der Waals surface area contributed by atoms with Crippen LogP contribution in [0.25, 0.3) is 11.3 Å². The van der Waals surface area contributed by atoms with Gasteiger partial charge >= 0.3 is 0 Å². The minimum Gasteiger partial charge on any atom is -0.324 e. The summed E-state index contributed by atoms with van der Waals surface area (Å²) < 4.78 is 0. The van der Waals surface area contributed by atoms with Crippen molar-refractivity contribution >= 4 is 11.3 Å². The number of aryl methyl sites for hydroxylation is 1. The standard InChI is InChI=1S/C19H20N2S/c1-2-14-8-10-15(11-9-14)17(20)12-19-21-18(13-22-19)16-6-4-3-5-7-16/h3-11,13,17H,2,12,20H2,1H3. The molecule has 0 aliphatic rings. The van der Waals surface area contributed by atoms with Crippen molar-refractivity contribution in [3.05, 3.63) is 76.1 Å². The van der Waals surface area contributed by atoms with Gasteiger partial charge in [-0.2, -0.15) is 0 Å². The van der Waals surface area contributed by atoms with Crippen molar-refractivity contribution in [2.75, 3.05) is 0 Å². The molecule has 0 aliphatic heterocycles. The molecule has 1 unspecified atom stereocenters. The maximum absolute atomic E-state index is 6.33. The summed E-state index contributed by atoms with van der Waals surface area (Å²) in [6, 6.07) is 18.9. The van der Waals surface area contributed by atoms with E-state index in [1.807, 2.05) is 18.2 Å². The Morgan fingerprint density at radius 1 is 1.05 bits per heavy atom. The predicted molar refractivity (Wildman–Crippen MR) is 94.0 cm³/mol. The first-order valence-corrected chi connectivity index (χ1v) is 8.48. The zero-order valence-electron chi connectivity index (χ0n) is 12.7. The number of thiazole rings is 1. The first-order valence-electron chi connectivity index (χ1n) is 7.60. The van der Waals surface area contributed by atoms with Crippen LogP contribution < -0.4 is 5.73 Å². The fourth-order valence-electron chi connectivity index (χ4n) is 2.45. The first kappa shape index (κ1) is 14.9. The van der Waals surface area contributed by atoms with Gasteiger partial charge in [-0.15, -0.1) is 11.3 Å². The molecule has 0 fully saturated rings. The van der Waals surface area contributed by atoms with E-state index in [9.17, 15) is 0 Å². The molecule has 112 valence electrons. The molecule has 2 nitrogen and oxygen atoms in total. The molecule has 3 rings (SSSR count). The number of nitrogens with two attached hydrogens (primary N) is 1. The van der Waals surface area contributed by atoms with Crippen molar-refractivity contribution in [1.82, 2.24) is 4.98 Å². The molecule has 0 saturated carbocycles. The smallest absolute Gasteiger partial charge is 0.0951 e. The van der Waals surface area contributed by atoms with Gasteiger partial charge in [-0.3, -0.25) is 0 Å². The Balaban J connectivity index is 1.71. The molecule has 1 atom stereocenters. The van der Waals surface area contributed by atoms with Crippen molar-refractivity contribution < 1.29 is 0 Å². The van der Waals surface area contributed by atoms with Crippen LogP contribution in [0.15, 0.2) is 60.0 Å². The molecule has 0 aliphatic carbocycles. The van der Waals surface area contributed by atoms with E-state index in [-0.39, 0.29) is 6.04 Å². The second-order valence-corrected chi connectivity index (χ2v) is 6.34. The van der Waals surface area contributed by atoms with Crippen LogP contribution in [0.1, 0.15) is 29.1 Å². The maximum atomic E-state index is 6.33. The van der Waals surface area contributed by atoms with E-state index in [0.29, 0.717) is 0 Å². The van der Waals surface area contributed by atoms with Crippen molar-refractivity contribution in [2.45, 2.75) is 25.8 Å². The van der Waals surface area contributed by atoms with Gasteiger partial charge in [0.05, 0.1) is 10.7 Å². The normalized spacial score (nSPS) is 12.3. The van der Waals surface area contributed by atoms with E-state index in [0.717, 1.165) is 29.1 Å². The van der Waals surface area contributed by atoms with Crippen LogP contribution in [0, 0.1) is 0 Å². The summed E-state index contributed by atoms with van der Waals surface area (Å²) in [4.78, 5) is 4.72. The Kier molecular flexibility index (Phi) is 4.66. The van der Waals surface area contributed by atoms with Crippen LogP contribution in [0.2, 0.25) is 0 Å². The van der Waals surface area contributed by atoms with Crippen LogP contribution in [-0.2, 0) is 12.8 Å². The quantitative estimate of drug-likeness (QED) is 0.747. The Labute approximate surface area is 135 Å². The van der Waals surface area contributed by atoms with E-state index in [2.05, 4.69) is 48.7 Å². The molecule has 0 radical (unpaired) electrons. The van der Waals surface area contributed by atoms with E-state index in [1.165, 1.54) is 11.1 Å². The highest BCUT2D eigenvalue weighted by Crippen LogP contribution is 2.24. The zero-order valence-corrected chi connectivity index (χ0v) is 13.5. The summed E-state index contributed by atoms with van der Waals surface area (Å²) in [5.74, 6) is 0. The number of nitrogens with zero attached hydrogens (tertiary/aromatic N) is 1. The minimum atomic E-state index is 0.000629. The van der Waals surface area contributed by atoms with Crippen molar-refractivity contribution in [3.8, 4) is 11.3 Å². The Morgan fingerprint density at radius 2 is 1.77 bits per heavy atom. The summed E-state index contributed by atoms with van der Waals surface area (Å²) in [6.07, 6.45) is 1.84. The highest BCUT2D eigenvalue weighted by Gasteiger charge is 2.11. The van der Waals surface area contributed by atoms with Crippen LogP contribution in [0.5, 0.6) is 0 Å². The summed E-state index contributed by atoms with van der Waals surface area (Å²) in [6.45, 7) is 2.16. The third-order valence-electron chi connectivity index (χ3n) is 3.83. The average Bonchev–Trinajstić information content (AvgIpc) is 3.04. The van der Waals surface area contributed by atoms with Crippen LogP contribution >= 0.6 is 11.3 Å². The third-order valence-corrected chi connectivity index (χ3v) is 4.70. The maximum Gasteiger partial charge on any atom is 0.0951 e. The fraction of sp³-hybridized carbons (Fsp3) is 0.211. The fourth-order valence-corrected chi connectivity index (χ4v) is 3.32. The lowest BCUT2D eigenvalue weighted by Crippen LogP contribution is -2.13. The van der Waals surface area contributed by atoms with Crippen LogP contribution in [0.4, 0.5) is 0 Å². The van der Waals surface area contributed by atoms with Crippen molar-refractivity contribution in [1.29, 1.82) is 0 Å². The van der Waals surface area contributed by atoms with Crippen molar-refractivity contribution in [3.63, 3.8) is 0 Å². The highest BCUT2D eigenvalue weighted by atomic mass is 32.1. The number of hydrogen-bond donors (Lipinski definition) is 1. The molecule has 2 aromatic carbocycles. The molecule has 22 heavy (non-hydrogen) atoms. The van der Waals surface area contributed by atoms with Crippen LogP contribution in [0.3, 0.4) is 0 Å². The van der Waals surface area contributed by atoms with Gasteiger partial charge in [0.2, 0.25) is 0 Å². The lowest BCUT2D eigenvalue weighted by molar-refractivity contribution is 0.718. The summed E-state index contributed by atoms with van der Waals surface area (Å²) in [5, 5.41) is 3.20. The molecular weight excluding hydrogens is 288 g/mol. The molecule has 1 heterocycles. The lowest BCUT2D eigenvalue weighted by Gasteiger charge is -2.10. The number of benzene rings is 2. The molecule has 0 saturated heterocycles. The van der Waals surface area contributed by atoms with Gasteiger partial charge in [0.15, 0.2) is 0 Å². The minimum absolute atomic E-state index is 0.000629. The topological polar surface area (TPSA) is 38.9 Å². The van der Waals surface area contributed by atoms with Gasteiger partial charge in [-0.05, 0) is 17.5 Å². The number of aromatic nitrogens is 1. The molecule has 3 heteroatoms. The summed E-state index contributed by atoms with van der Waals surface area (Å²) in [5.41, 5.74) is 11.0. The van der Waals surface area contributed by atoms with Gasteiger partial charge < -0.3 is 5.73 Å². The van der Waals surface area contributed by atoms with E-state index < -0.39 is 0 Å². The highest BCUT2D eigenvalue weighted by molar-refractivity contribution is 7.09. The van der Waals surface area contributed by atoms with Gasteiger partial charge in [0.1, 0.15) is 0 Å². The number of hydrogen-bond acceptors (Lipinski definition) is 3. The van der Waals surface area contributed by atoms with E-state index in [4.69, 9.17) is 10.7 Å². The Morgan fingerprint density at radius 3 is 2.45 bits per heavy atom. The molecule has 2 N–H and O–H groups in total. The predicted octanol–water partition coefficient (Wildman–Crippen LogP) is 4.62. The molecular formula is C19H20N2S. The van der Waals surface area contributed by atoms with Crippen molar-refractivity contribution in [2.24, 2.45) is 5.73 Å². The van der Waals surface area contributed by atoms with Gasteiger partial charge in [0.25, 0.3) is 0 Å². The van der Waals surface area contributed by atoms with Gasteiger partial charge in [-0.1, -0.05) is 61.5 Å². The Hall–Kier alpha value is -1.97. The zero-order chi connectivity index (χ0) is 15.4. The second kappa shape index (κ2) is 6.86. The monoisotopic (exact) mass is 308 g/mol. The van der Waals surface area contributed by atoms with E-state index in [1.54, 1.807) is 11.3 Å². The van der Waals surface area contributed by atoms with Gasteiger partial charge in [-0.25, -0.2) is 4.98 Å². The number of rotatable bonds is 5. The molecule has 0 spiro atoms. The first-order chi connectivity index (χ1) is 10.8. The molecule has 0 amide bonds. The largest absolute Gasteiger partial charge is 0.324 e. The van der Waals surface area contributed by atoms with Crippen LogP contribution in [-0.4, -0.2) is 4.98 Å². The third kappa shape index (κ3) is 3.43.